The number of pyridine rings is 1. The number of benzene rings is 2. The van der Waals surface area contributed by atoms with Crippen molar-refractivity contribution in [3.63, 3.8) is 0 Å². The van der Waals surface area contributed by atoms with Crippen molar-refractivity contribution in [3.05, 3.63) is 64.8 Å². The van der Waals surface area contributed by atoms with Gasteiger partial charge < -0.3 is 9.67 Å². The largest absolute Gasteiger partial charge is 0.503 e. The van der Waals surface area contributed by atoms with Gasteiger partial charge in [0.2, 0.25) is 5.43 Å². The summed E-state index contributed by atoms with van der Waals surface area (Å²) in [6, 6.07) is 17.3. The first-order valence-corrected chi connectivity index (χ1v) is 9.57. The van der Waals surface area contributed by atoms with Gasteiger partial charge in [0.05, 0.1) is 11.2 Å². The van der Waals surface area contributed by atoms with Gasteiger partial charge in [-0.15, -0.1) is 0 Å². The Balaban J connectivity index is 2.24. The van der Waals surface area contributed by atoms with Gasteiger partial charge in [-0.05, 0) is 24.5 Å². The molecule has 0 spiro atoms. The van der Waals surface area contributed by atoms with Crippen molar-refractivity contribution in [1.82, 2.24) is 4.57 Å². The molecular weight excluding hydrogens is 322 g/mol. The van der Waals surface area contributed by atoms with Crippen molar-refractivity contribution >= 4 is 10.9 Å². The molecule has 1 unspecified atom stereocenters. The van der Waals surface area contributed by atoms with E-state index in [1.807, 2.05) is 48.5 Å². The van der Waals surface area contributed by atoms with Crippen molar-refractivity contribution in [2.24, 2.45) is 5.92 Å². The molecule has 0 radical (unpaired) electrons. The molecule has 26 heavy (non-hydrogen) atoms. The summed E-state index contributed by atoms with van der Waals surface area (Å²) < 4.78 is 2.14. The predicted molar refractivity (Wildman–Crippen MR) is 109 cm³/mol. The van der Waals surface area contributed by atoms with Gasteiger partial charge in [-0.1, -0.05) is 75.6 Å². The minimum absolute atomic E-state index is 0.153. The Morgan fingerprint density at radius 1 is 1.00 bits per heavy atom. The zero-order valence-electron chi connectivity index (χ0n) is 15.6. The Bertz CT molecular complexity index is 928. The number of fused-ring (bicyclic) bond motifs is 1. The van der Waals surface area contributed by atoms with Crippen molar-refractivity contribution in [2.75, 3.05) is 0 Å². The molecule has 0 bridgehead atoms. The molecule has 0 fully saturated rings. The van der Waals surface area contributed by atoms with Crippen LogP contribution in [0.2, 0.25) is 0 Å². The fourth-order valence-electron chi connectivity index (χ4n) is 3.64. The van der Waals surface area contributed by atoms with Crippen LogP contribution >= 0.6 is 0 Å². The minimum Gasteiger partial charge on any atom is -0.503 e. The van der Waals surface area contributed by atoms with Crippen LogP contribution in [0, 0.1) is 5.92 Å². The van der Waals surface area contributed by atoms with Gasteiger partial charge in [0.15, 0.2) is 5.75 Å². The molecule has 3 rings (SSSR count). The molecule has 2 aromatic carbocycles. The average Bonchev–Trinajstić information content (AvgIpc) is 2.69. The van der Waals surface area contributed by atoms with Crippen molar-refractivity contribution in [3.8, 4) is 17.0 Å². The van der Waals surface area contributed by atoms with Crippen LogP contribution in [0.4, 0.5) is 0 Å². The number of unbranched alkanes of at least 4 members (excludes halogenated alkanes) is 1. The molecule has 0 saturated heterocycles. The van der Waals surface area contributed by atoms with E-state index in [-0.39, 0.29) is 11.2 Å². The lowest BCUT2D eigenvalue weighted by Gasteiger charge is -2.23. The standard InChI is InChI=1S/C23H27NO2/c1-3-5-11-17(4-2)16-24-20-15-10-9-14-19(20)22(25)23(26)21(24)18-12-7-6-8-13-18/h6-10,12-15,17,26H,3-5,11,16H2,1-2H3. The molecule has 0 aliphatic heterocycles. The van der Waals surface area contributed by atoms with Crippen molar-refractivity contribution < 1.29 is 5.11 Å². The highest BCUT2D eigenvalue weighted by Crippen LogP contribution is 2.32. The Kier molecular flexibility index (Phi) is 5.77. The summed E-state index contributed by atoms with van der Waals surface area (Å²) in [5.41, 5.74) is 2.10. The summed E-state index contributed by atoms with van der Waals surface area (Å²) in [5.74, 6) is 0.364. The van der Waals surface area contributed by atoms with E-state index < -0.39 is 0 Å². The zero-order valence-corrected chi connectivity index (χ0v) is 15.6. The Morgan fingerprint density at radius 3 is 2.38 bits per heavy atom. The van der Waals surface area contributed by atoms with Crippen LogP contribution in [0.5, 0.6) is 5.75 Å². The second-order valence-electron chi connectivity index (χ2n) is 6.94. The van der Waals surface area contributed by atoms with Crippen molar-refractivity contribution in [2.45, 2.75) is 46.1 Å². The normalized spacial score (nSPS) is 12.4. The second-order valence-corrected chi connectivity index (χ2v) is 6.94. The third-order valence-electron chi connectivity index (χ3n) is 5.18. The van der Waals surface area contributed by atoms with Gasteiger partial charge in [-0.25, -0.2) is 0 Å². The first kappa shape index (κ1) is 18.2. The van der Waals surface area contributed by atoms with E-state index in [2.05, 4.69) is 18.4 Å². The molecule has 1 atom stereocenters. The van der Waals surface area contributed by atoms with Crippen molar-refractivity contribution in [1.29, 1.82) is 0 Å². The quantitative estimate of drug-likeness (QED) is 0.604. The molecule has 1 N–H and O–H groups in total. The fraction of sp³-hybridized carbons (Fsp3) is 0.348. The molecular formula is C23H27NO2. The number of aromatic nitrogens is 1. The van der Waals surface area contributed by atoms with Crippen LogP contribution in [-0.2, 0) is 6.54 Å². The summed E-state index contributed by atoms with van der Waals surface area (Å²) in [6.07, 6.45) is 4.61. The van der Waals surface area contributed by atoms with Crippen LogP contribution in [-0.4, -0.2) is 9.67 Å². The van der Waals surface area contributed by atoms with E-state index in [9.17, 15) is 9.90 Å². The summed E-state index contributed by atoms with van der Waals surface area (Å²) >= 11 is 0. The van der Waals surface area contributed by atoms with E-state index >= 15 is 0 Å². The monoisotopic (exact) mass is 349 g/mol. The van der Waals surface area contributed by atoms with Gasteiger partial charge >= 0.3 is 0 Å². The summed E-state index contributed by atoms with van der Waals surface area (Å²) in [4.78, 5) is 12.7. The summed E-state index contributed by atoms with van der Waals surface area (Å²) in [6.45, 7) is 5.23. The molecule has 0 amide bonds. The topological polar surface area (TPSA) is 42.2 Å². The van der Waals surface area contributed by atoms with Gasteiger partial charge in [-0.3, -0.25) is 4.79 Å². The van der Waals surface area contributed by atoms with Crippen LogP contribution in [0.3, 0.4) is 0 Å². The summed E-state index contributed by atoms with van der Waals surface area (Å²) in [5, 5.41) is 11.3. The maximum atomic E-state index is 12.7. The highest BCUT2D eigenvalue weighted by Gasteiger charge is 2.19. The minimum atomic E-state index is -0.294. The highest BCUT2D eigenvalue weighted by molar-refractivity contribution is 5.85. The van der Waals surface area contributed by atoms with Gasteiger partial charge in [0, 0.05) is 17.5 Å². The molecule has 3 nitrogen and oxygen atoms in total. The SMILES string of the molecule is CCCCC(CC)Cn1c(-c2ccccc2)c(O)c(=O)c2ccccc21. The molecule has 0 aliphatic carbocycles. The van der Waals surface area contributed by atoms with Gasteiger partial charge in [0.1, 0.15) is 0 Å². The molecule has 1 heterocycles. The third kappa shape index (κ3) is 3.52. The molecule has 0 saturated carbocycles. The fourth-order valence-corrected chi connectivity index (χ4v) is 3.64. The molecule has 3 aromatic rings. The van der Waals surface area contributed by atoms with E-state index in [4.69, 9.17) is 0 Å². The lowest BCUT2D eigenvalue weighted by molar-refractivity contribution is 0.392. The van der Waals surface area contributed by atoms with Crippen LogP contribution in [0.15, 0.2) is 59.4 Å². The lowest BCUT2D eigenvalue weighted by atomic mass is 9.97. The first-order valence-electron chi connectivity index (χ1n) is 9.57. The maximum Gasteiger partial charge on any atom is 0.231 e. The zero-order chi connectivity index (χ0) is 18.5. The van der Waals surface area contributed by atoms with Gasteiger partial charge in [-0.2, -0.15) is 0 Å². The Labute approximate surface area is 154 Å². The van der Waals surface area contributed by atoms with E-state index in [0.29, 0.717) is 17.0 Å². The average molecular weight is 349 g/mol. The number of rotatable bonds is 7. The van der Waals surface area contributed by atoms with E-state index in [0.717, 1.165) is 30.5 Å². The number of hydrogen-bond donors (Lipinski definition) is 1. The number of nitrogens with zero attached hydrogens (tertiary/aromatic N) is 1. The third-order valence-corrected chi connectivity index (χ3v) is 5.18. The number of para-hydroxylation sites is 1. The molecule has 136 valence electrons. The smallest absolute Gasteiger partial charge is 0.231 e. The Hall–Kier alpha value is -2.55. The number of hydrogen-bond acceptors (Lipinski definition) is 2. The second kappa shape index (κ2) is 8.22. The molecule has 1 aromatic heterocycles. The van der Waals surface area contributed by atoms with Crippen LogP contribution in [0.1, 0.15) is 39.5 Å². The highest BCUT2D eigenvalue weighted by atomic mass is 16.3. The van der Waals surface area contributed by atoms with E-state index in [1.54, 1.807) is 6.07 Å². The molecule has 0 aliphatic rings. The predicted octanol–water partition coefficient (Wildman–Crippen LogP) is 5.59. The van der Waals surface area contributed by atoms with E-state index in [1.165, 1.54) is 12.8 Å². The molecule has 3 heteroatoms. The summed E-state index contributed by atoms with van der Waals surface area (Å²) in [7, 11) is 0. The first-order chi connectivity index (χ1) is 12.7. The number of aromatic hydroxyl groups is 1. The van der Waals surface area contributed by atoms with Crippen LogP contribution in [0.25, 0.3) is 22.2 Å². The Morgan fingerprint density at radius 2 is 1.69 bits per heavy atom. The van der Waals surface area contributed by atoms with Gasteiger partial charge in [0.25, 0.3) is 0 Å². The lowest BCUT2D eigenvalue weighted by Crippen LogP contribution is -2.17. The van der Waals surface area contributed by atoms with Crippen LogP contribution < -0.4 is 5.43 Å². The maximum absolute atomic E-state index is 12.7.